The molecule has 4 rings (SSSR count). The predicted molar refractivity (Wildman–Crippen MR) is 130 cm³/mol. The lowest BCUT2D eigenvalue weighted by Gasteiger charge is -2.26. The van der Waals surface area contributed by atoms with Gasteiger partial charge in [0.05, 0.1) is 6.10 Å². The van der Waals surface area contributed by atoms with Crippen molar-refractivity contribution in [3.63, 3.8) is 0 Å². The van der Waals surface area contributed by atoms with Crippen molar-refractivity contribution in [1.29, 1.82) is 0 Å². The number of carbonyl (C=O) groups excluding carboxylic acids is 2. The van der Waals surface area contributed by atoms with Crippen LogP contribution in [-0.4, -0.2) is 64.4 Å². The van der Waals surface area contributed by atoms with E-state index in [0.29, 0.717) is 0 Å². The topological polar surface area (TPSA) is 116 Å². The van der Waals surface area contributed by atoms with Crippen LogP contribution in [0.25, 0.3) is 11.1 Å². The molecule has 184 valence electrons. The number of aliphatic hydroxyl groups excluding tert-OH is 1. The average Bonchev–Trinajstić information content (AvgIpc) is 3.38. The largest absolute Gasteiger partial charge is 0.480 e. The maximum atomic E-state index is 13.2. The molecule has 1 fully saturated rings. The van der Waals surface area contributed by atoms with Crippen LogP contribution < -0.4 is 5.32 Å². The number of carbonyl (C=O) groups is 3. The highest BCUT2D eigenvalue weighted by Crippen LogP contribution is 2.44. The summed E-state index contributed by atoms with van der Waals surface area (Å²) in [7, 11) is 0. The summed E-state index contributed by atoms with van der Waals surface area (Å²) in [5.41, 5.74) is 5.33. The van der Waals surface area contributed by atoms with Gasteiger partial charge in [0.25, 0.3) is 0 Å². The zero-order valence-electron chi connectivity index (χ0n) is 19.8. The quantitative estimate of drug-likeness (QED) is 0.526. The minimum atomic E-state index is -1.18. The number of amides is 2. The van der Waals surface area contributed by atoms with Crippen LogP contribution in [0.5, 0.6) is 0 Å². The molecule has 3 N–H and O–H groups in total. The number of rotatable bonds is 7. The van der Waals surface area contributed by atoms with Crippen molar-refractivity contribution in [3.8, 4) is 11.1 Å². The lowest BCUT2D eigenvalue weighted by molar-refractivity contribution is -0.148. The predicted octanol–water partition coefficient (Wildman–Crippen LogP) is 3.30. The number of likely N-dealkylation sites (tertiary alicyclic amines) is 1. The molecule has 35 heavy (non-hydrogen) atoms. The van der Waals surface area contributed by atoms with Crippen molar-refractivity contribution < 1.29 is 29.3 Å². The first kappa shape index (κ1) is 24.5. The van der Waals surface area contributed by atoms with Gasteiger partial charge in [0.2, 0.25) is 5.91 Å². The Labute approximate surface area is 204 Å². The molecule has 3 atom stereocenters. The zero-order valence-corrected chi connectivity index (χ0v) is 19.8. The smallest absolute Gasteiger partial charge is 0.407 e. The van der Waals surface area contributed by atoms with Gasteiger partial charge in [-0.2, -0.15) is 0 Å². The first-order valence-corrected chi connectivity index (χ1v) is 11.7. The normalized spacial score (nSPS) is 19.5. The Morgan fingerprint density at radius 3 is 2.26 bits per heavy atom. The number of fused-ring (bicyclic) bond motifs is 3. The van der Waals surface area contributed by atoms with Crippen LogP contribution in [0, 0.1) is 0 Å². The van der Waals surface area contributed by atoms with Crippen LogP contribution in [0.2, 0.25) is 0 Å². The van der Waals surface area contributed by atoms with E-state index < -0.39 is 36.2 Å². The lowest BCUT2D eigenvalue weighted by Crippen LogP contribution is -2.51. The van der Waals surface area contributed by atoms with Gasteiger partial charge in [-0.05, 0) is 42.5 Å². The fraction of sp³-hybridized carbons (Fsp3) is 0.370. The summed E-state index contributed by atoms with van der Waals surface area (Å²) in [6.45, 7) is 3.75. The highest BCUT2D eigenvalue weighted by atomic mass is 16.5. The molecule has 2 aliphatic rings. The molecule has 8 nitrogen and oxygen atoms in total. The molecule has 1 heterocycles. The van der Waals surface area contributed by atoms with Gasteiger partial charge in [-0.15, -0.1) is 0 Å². The fourth-order valence-corrected chi connectivity index (χ4v) is 4.85. The van der Waals surface area contributed by atoms with E-state index in [1.807, 2.05) is 62.4 Å². The lowest BCUT2D eigenvalue weighted by atomic mass is 9.98. The summed E-state index contributed by atoms with van der Waals surface area (Å²) in [6, 6.07) is 13.9. The Balaban J connectivity index is 1.47. The van der Waals surface area contributed by atoms with Crippen LogP contribution in [-0.2, 0) is 14.3 Å². The van der Waals surface area contributed by atoms with Crippen molar-refractivity contribution in [2.24, 2.45) is 0 Å². The molecule has 1 unspecified atom stereocenters. The average molecular weight is 479 g/mol. The Hall–Kier alpha value is -3.65. The molecule has 2 aromatic carbocycles. The third-order valence-corrected chi connectivity index (χ3v) is 6.54. The first-order valence-electron chi connectivity index (χ1n) is 11.7. The minimum absolute atomic E-state index is 0.0403. The molecule has 0 saturated carbocycles. The van der Waals surface area contributed by atoms with Gasteiger partial charge in [0, 0.05) is 18.9 Å². The number of nitrogens with zero attached hydrogens (tertiary/aromatic N) is 1. The number of carboxylic acid groups (broad SMARTS) is 1. The molecule has 0 bridgehead atoms. The Bertz CT molecular complexity index is 1110. The van der Waals surface area contributed by atoms with Crippen molar-refractivity contribution >= 4 is 18.0 Å². The van der Waals surface area contributed by atoms with Gasteiger partial charge in [-0.1, -0.05) is 60.2 Å². The van der Waals surface area contributed by atoms with Gasteiger partial charge in [-0.25, -0.2) is 9.59 Å². The number of alkyl carbamates (subject to hydrolysis) is 1. The Morgan fingerprint density at radius 2 is 1.69 bits per heavy atom. The highest BCUT2D eigenvalue weighted by molar-refractivity contribution is 5.90. The SMILES string of the molecule is CC(C)=CCC(NC(=O)OCC1c2ccccc2-c2ccccc21)C(=O)N1C[C@H](O)C[C@@H]1C(=O)O. The third-order valence-electron chi connectivity index (χ3n) is 6.54. The van der Waals surface area contributed by atoms with Crippen LogP contribution in [0.4, 0.5) is 4.79 Å². The first-order chi connectivity index (χ1) is 16.8. The van der Waals surface area contributed by atoms with E-state index in [0.717, 1.165) is 32.7 Å². The van der Waals surface area contributed by atoms with Crippen molar-refractivity contribution in [2.75, 3.05) is 13.2 Å². The Kier molecular flexibility index (Phi) is 7.21. The summed E-state index contributed by atoms with van der Waals surface area (Å²) in [5, 5.41) is 22.0. The van der Waals surface area contributed by atoms with Crippen molar-refractivity contribution in [2.45, 2.75) is 50.8 Å². The summed E-state index contributed by atoms with van der Waals surface area (Å²) in [6.07, 6.45) is 0.276. The number of hydrogen-bond acceptors (Lipinski definition) is 5. The monoisotopic (exact) mass is 478 g/mol. The van der Waals surface area contributed by atoms with Gasteiger partial charge in [0.1, 0.15) is 18.7 Å². The van der Waals surface area contributed by atoms with E-state index in [9.17, 15) is 24.6 Å². The molecule has 1 aliphatic heterocycles. The van der Waals surface area contributed by atoms with Crippen molar-refractivity contribution in [1.82, 2.24) is 10.2 Å². The van der Waals surface area contributed by atoms with Crippen LogP contribution in [0.1, 0.15) is 43.7 Å². The molecule has 0 spiro atoms. The highest BCUT2D eigenvalue weighted by Gasteiger charge is 2.41. The van der Waals surface area contributed by atoms with E-state index in [1.165, 1.54) is 0 Å². The second-order valence-electron chi connectivity index (χ2n) is 9.27. The van der Waals surface area contributed by atoms with Gasteiger partial charge in [0.15, 0.2) is 0 Å². The number of hydrogen-bond donors (Lipinski definition) is 3. The van der Waals surface area contributed by atoms with Crippen molar-refractivity contribution in [3.05, 3.63) is 71.3 Å². The summed E-state index contributed by atoms with van der Waals surface area (Å²) in [5.74, 6) is -1.86. The van der Waals surface area contributed by atoms with Crippen LogP contribution in [0.15, 0.2) is 60.2 Å². The molecule has 0 aromatic heterocycles. The number of nitrogens with one attached hydrogen (secondary N) is 1. The molecule has 2 amide bonds. The number of aliphatic carboxylic acids is 1. The van der Waals surface area contributed by atoms with E-state index in [2.05, 4.69) is 5.32 Å². The molecule has 0 radical (unpaired) electrons. The van der Waals surface area contributed by atoms with Crippen LogP contribution in [0.3, 0.4) is 0 Å². The van der Waals surface area contributed by atoms with Gasteiger partial charge >= 0.3 is 12.1 Å². The third kappa shape index (κ3) is 5.22. The van der Waals surface area contributed by atoms with E-state index in [-0.39, 0.29) is 31.9 Å². The molecule has 2 aromatic rings. The fourth-order valence-electron chi connectivity index (χ4n) is 4.85. The second kappa shape index (κ2) is 10.3. The molecule has 1 saturated heterocycles. The number of ether oxygens (including phenoxy) is 1. The zero-order chi connectivity index (χ0) is 25.1. The number of aliphatic hydroxyl groups is 1. The maximum Gasteiger partial charge on any atom is 0.407 e. The molecule has 1 aliphatic carbocycles. The number of allylic oxidation sites excluding steroid dienone is 1. The standard InChI is InChI=1S/C27H30N2O6/c1-16(2)11-12-23(25(31)29-14-17(30)13-24(29)26(32)33)28-27(34)35-15-22-20-9-5-3-7-18(20)19-8-4-6-10-21(19)22/h3-11,17,22-24,30H,12-15H2,1-2H3,(H,28,34)(H,32,33)/t17-,23?,24-/m1/s1. The minimum Gasteiger partial charge on any atom is -0.480 e. The number of β-amino-alcohol motifs (C(OH)–C–C–N with tert-alkyl or cyclic N) is 1. The second-order valence-corrected chi connectivity index (χ2v) is 9.27. The van der Waals surface area contributed by atoms with Gasteiger partial charge in [-0.3, -0.25) is 4.79 Å². The summed E-state index contributed by atoms with van der Waals surface area (Å²) >= 11 is 0. The van der Waals surface area contributed by atoms with E-state index >= 15 is 0 Å². The summed E-state index contributed by atoms with van der Waals surface area (Å²) < 4.78 is 5.58. The number of benzene rings is 2. The van der Waals surface area contributed by atoms with E-state index in [1.54, 1.807) is 6.08 Å². The molecule has 8 heteroatoms. The van der Waals surface area contributed by atoms with E-state index in [4.69, 9.17) is 4.74 Å². The molecular weight excluding hydrogens is 448 g/mol. The number of carboxylic acids is 1. The van der Waals surface area contributed by atoms with Gasteiger partial charge < -0.3 is 25.2 Å². The Morgan fingerprint density at radius 1 is 1.09 bits per heavy atom. The molecular formula is C27H30N2O6. The van der Waals surface area contributed by atoms with Crippen LogP contribution >= 0.6 is 0 Å². The summed E-state index contributed by atoms with van der Waals surface area (Å²) in [4.78, 5) is 38.7. The maximum absolute atomic E-state index is 13.2.